The van der Waals surface area contributed by atoms with Crippen molar-refractivity contribution < 1.29 is 19.1 Å². The van der Waals surface area contributed by atoms with Crippen molar-refractivity contribution in [3.63, 3.8) is 0 Å². The van der Waals surface area contributed by atoms with E-state index in [0.29, 0.717) is 16.9 Å². The van der Waals surface area contributed by atoms with Gasteiger partial charge in [0.05, 0.1) is 11.2 Å². The van der Waals surface area contributed by atoms with Crippen LogP contribution in [0.1, 0.15) is 11.1 Å². The molecule has 0 saturated carbocycles. The summed E-state index contributed by atoms with van der Waals surface area (Å²) in [4.78, 5) is 30.0. The minimum absolute atomic E-state index is 0.178. The summed E-state index contributed by atoms with van der Waals surface area (Å²) in [5.74, 6) is 0. The van der Waals surface area contributed by atoms with Crippen LogP contribution < -0.4 is 10.6 Å². The Morgan fingerprint density at radius 1 is 0.548 bits per heavy atom. The topological polar surface area (TPSA) is 89.6 Å². The molecule has 0 aliphatic rings. The minimum Gasteiger partial charge on any atom is -0.444 e. The molecule has 5 aromatic carbocycles. The number of nitrogens with zero attached hydrogens (tertiary/aromatic N) is 1. The van der Waals surface area contributed by atoms with Crippen LogP contribution in [0.2, 0.25) is 0 Å². The van der Waals surface area contributed by atoms with Gasteiger partial charge in [0, 0.05) is 27.7 Å². The maximum Gasteiger partial charge on any atom is 0.411 e. The maximum atomic E-state index is 12.5. The van der Waals surface area contributed by atoms with Gasteiger partial charge in [-0.3, -0.25) is 10.6 Å². The van der Waals surface area contributed by atoms with Gasteiger partial charge in [-0.2, -0.15) is 0 Å². The van der Waals surface area contributed by atoms with E-state index in [1.54, 1.807) is 0 Å². The summed E-state index contributed by atoms with van der Waals surface area (Å²) in [5, 5.41) is 8.38. The summed E-state index contributed by atoms with van der Waals surface area (Å²) in [5.41, 5.74) is 5.38. The largest absolute Gasteiger partial charge is 0.444 e. The molecule has 2 N–H and O–H groups in total. The van der Waals surface area contributed by atoms with Crippen LogP contribution in [0.15, 0.2) is 127 Å². The van der Waals surface area contributed by atoms with Crippen LogP contribution >= 0.6 is 0 Å². The Hall–Kier alpha value is -5.69. The third-order valence-corrected chi connectivity index (χ3v) is 6.76. The van der Waals surface area contributed by atoms with Crippen molar-refractivity contribution in [1.29, 1.82) is 0 Å². The lowest BCUT2D eigenvalue weighted by Crippen LogP contribution is -2.13. The van der Waals surface area contributed by atoms with Gasteiger partial charge < -0.3 is 9.47 Å². The first kappa shape index (κ1) is 26.5. The van der Waals surface area contributed by atoms with Gasteiger partial charge in [-0.05, 0) is 40.8 Å². The number of carbonyl (C=O) groups excluding carboxylic acids is 2. The highest BCUT2D eigenvalue weighted by atomic mass is 16.6. The zero-order valence-corrected chi connectivity index (χ0v) is 22.6. The van der Waals surface area contributed by atoms with Gasteiger partial charge in [0.1, 0.15) is 13.2 Å². The Bertz CT molecular complexity index is 1860. The molecule has 0 radical (unpaired) electrons. The molecule has 0 aliphatic carbocycles. The number of nitrogens with one attached hydrogen (secondary N) is 2. The van der Waals surface area contributed by atoms with E-state index in [1.807, 2.05) is 127 Å². The van der Waals surface area contributed by atoms with Gasteiger partial charge in [-0.1, -0.05) is 103 Å². The lowest BCUT2D eigenvalue weighted by Gasteiger charge is -2.14. The van der Waals surface area contributed by atoms with Crippen LogP contribution in [-0.2, 0) is 22.7 Å². The second kappa shape index (κ2) is 12.2. The summed E-state index contributed by atoms with van der Waals surface area (Å²) in [6, 6.07) is 40.2. The lowest BCUT2D eigenvalue weighted by molar-refractivity contribution is 0.154. The fourth-order valence-corrected chi connectivity index (χ4v) is 4.73. The van der Waals surface area contributed by atoms with Crippen molar-refractivity contribution in [2.45, 2.75) is 13.2 Å². The second-order valence-corrected chi connectivity index (χ2v) is 9.69. The molecule has 7 nitrogen and oxygen atoms in total. The van der Waals surface area contributed by atoms with E-state index in [0.717, 1.165) is 38.5 Å². The molecule has 6 aromatic rings. The molecular formula is C35H27N3O4. The molecule has 206 valence electrons. The number of hydrogen-bond acceptors (Lipinski definition) is 5. The van der Waals surface area contributed by atoms with E-state index in [9.17, 15) is 9.59 Å². The van der Waals surface area contributed by atoms with Crippen molar-refractivity contribution >= 4 is 45.2 Å². The van der Waals surface area contributed by atoms with E-state index in [2.05, 4.69) is 10.6 Å². The molecule has 2 amide bonds. The number of aromatic nitrogens is 1. The number of hydrogen-bond donors (Lipinski definition) is 2. The monoisotopic (exact) mass is 553 g/mol. The number of carbonyl (C=O) groups is 2. The smallest absolute Gasteiger partial charge is 0.411 e. The van der Waals surface area contributed by atoms with E-state index in [4.69, 9.17) is 14.5 Å². The van der Waals surface area contributed by atoms with Crippen LogP contribution in [0, 0.1) is 0 Å². The first-order chi connectivity index (χ1) is 20.6. The third-order valence-electron chi connectivity index (χ3n) is 6.76. The minimum atomic E-state index is -0.544. The summed E-state index contributed by atoms with van der Waals surface area (Å²) in [6.07, 6.45) is -1.08. The fraction of sp³-hybridized carbons (Fsp3) is 0.0571. The summed E-state index contributed by atoms with van der Waals surface area (Å²) < 4.78 is 10.8. The highest BCUT2D eigenvalue weighted by molar-refractivity contribution is 6.13. The van der Waals surface area contributed by atoms with Gasteiger partial charge in [-0.25, -0.2) is 14.6 Å². The average Bonchev–Trinajstić information content (AvgIpc) is 3.03. The highest BCUT2D eigenvalue weighted by Gasteiger charge is 2.14. The van der Waals surface area contributed by atoms with Crippen molar-refractivity contribution in [3.8, 4) is 11.3 Å². The van der Waals surface area contributed by atoms with Gasteiger partial charge >= 0.3 is 12.2 Å². The van der Waals surface area contributed by atoms with Crippen LogP contribution in [0.25, 0.3) is 32.9 Å². The quantitative estimate of drug-likeness (QED) is 0.193. The summed E-state index contributed by atoms with van der Waals surface area (Å²) >= 11 is 0. The Morgan fingerprint density at radius 3 is 1.62 bits per heavy atom. The normalized spacial score (nSPS) is 10.8. The summed E-state index contributed by atoms with van der Waals surface area (Å²) in [6.45, 7) is 0.356. The molecule has 0 fully saturated rings. The summed E-state index contributed by atoms with van der Waals surface area (Å²) in [7, 11) is 0. The van der Waals surface area contributed by atoms with Crippen molar-refractivity contribution in [2.24, 2.45) is 0 Å². The molecule has 1 aromatic heterocycles. The molecule has 1 heterocycles. The van der Waals surface area contributed by atoms with E-state index < -0.39 is 12.2 Å². The zero-order chi connectivity index (χ0) is 28.7. The van der Waals surface area contributed by atoms with Crippen LogP contribution in [0.5, 0.6) is 0 Å². The zero-order valence-electron chi connectivity index (χ0n) is 22.6. The number of amides is 2. The van der Waals surface area contributed by atoms with Gasteiger partial charge in [-0.15, -0.1) is 0 Å². The predicted molar refractivity (Wildman–Crippen MR) is 165 cm³/mol. The highest BCUT2D eigenvalue weighted by Crippen LogP contribution is 2.35. The van der Waals surface area contributed by atoms with Gasteiger partial charge in [0.15, 0.2) is 0 Å². The second-order valence-electron chi connectivity index (χ2n) is 9.69. The number of anilines is 2. The standard InChI is InChI=1S/C35H27N3O4/c39-34(41-22-24-10-4-1-5-11-24)36-27-16-18-29-30-19-17-28(37-35(40)42-23-25-12-6-2-7-13-25)21-32(30)38-33(31(29)20-27)26-14-8-3-9-15-26/h1-21H,22-23H2,(H,36,39)(H,37,40). The number of ether oxygens (including phenoxy) is 2. The Labute approximate surface area is 242 Å². The molecule has 0 bridgehead atoms. The van der Waals surface area contributed by atoms with E-state index >= 15 is 0 Å². The number of rotatable bonds is 7. The van der Waals surface area contributed by atoms with Crippen molar-refractivity contribution in [2.75, 3.05) is 10.6 Å². The molecule has 0 aliphatic heterocycles. The molecule has 0 saturated heterocycles. The average molecular weight is 554 g/mol. The van der Waals surface area contributed by atoms with Crippen molar-refractivity contribution in [3.05, 3.63) is 139 Å². The molecule has 0 unspecified atom stereocenters. The SMILES string of the molecule is O=C(Nc1ccc2c(c1)nc(-c1ccccc1)c1cc(NC(=O)OCc3ccccc3)ccc12)OCc1ccccc1. The Balaban J connectivity index is 1.27. The number of fused-ring (bicyclic) bond motifs is 3. The Morgan fingerprint density at radius 2 is 1.05 bits per heavy atom. The maximum absolute atomic E-state index is 12.5. The fourth-order valence-electron chi connectivity index (χ4n) is 4.73. The van der Waals surface area contributed by atoms with Crippen LogP contribution in [0.4, 0.5) is 21.0 Å². The number of benzene rings is 5. The molecule has 42 heavy (non-hydrogen) atoms. The van der Waals surface area contributed by atoms with Crippen LogP contribution in [-0.4, -0.2) is 17.2 Å². The van der Waals surface area contributed by atoms with E-state index in [-0.39, 0.29) is 13.2 Å². The first-order valence-electron chi connectivity index (χ1n) is 13.5. The molecular weight excluding hydrogens is 526 g/mol. The lowest BCUT2D eigenvalue weighted by atomic mass is 9.99. The third kappa shape index (κ3) is 6.21. The first-order valence-corrected chi connectivity index (χ1v) is 13.5. The van der Waals surface area contributed by atoms with E-state index in [1.165, 1.54) is 0 Å². The van der Waals surface area contributed by atoms with Crippen molar-refractivity contribution in [1.82, 2.24) is 4.98 Å². The predicted octanol–water partition coefficient (Wildman–Crippen LogP) is 8.55. The van der Waals surface area contributed by atoms with Gasteiger partial charge in [0.25, 0.3) is 0 Å². The van der Waals surface area contributed by atoms with Gasteiger partial charge in [0.2, 0.25) is 0 Å². The molecule has 0 atom stereocenters. The number of pyridine rings is 1. The molecule has 7 heteroatoms. The molecule has 6 rings (SSSR count). The molecule has 0 spiro atoms. The van der Waals surface area contributed by atoms with Crippen LogP contribution in [0.3, 0.4) is 0 Å². The Kier molecular flexibility index (Phi) is 7.72.